The van der Waals surface area contributed by atoms with Gasteiger partial charge < -0.3 is 10.0 Å². The zero-order valence-corrected chi connectivity index (χ0v) is 13.3. The third-order valence-corrected chi connectivity index (χ3v) is 5.18. The van der Waals surface area contributed by atoms with Gasteiger partial charge in [0.1, 0.15) is 5.82 Å². The van der Waals surface area contributed by atoms with Gasteiger partial charge in [-0.15, -0.1) is 0 Å². The Morgan fingerprint density at radius 2 is 1.73 bits per heavy atom. The minimum atomic E-state index is -0.123. The molecule has 2 fully saturated rings. The normalized spacial score (nSPS) is 27.4. The summed E-state index contributed by atoms with van der Waals surface area (Å²) in [5.41, 5.74) is 0.762. The van der Waals surface area contributed by atoms with Gasteiger partial charge in [-0.1, -0.05) is 24.6 Å². The van der Waals surface area contributed by atoms with E-state index in [9.17, 15) is 9.50 Å². The van der Waals surface area contributed by atoms with Crippen LogP contribution in [0.15, 0.2) is 24.3 Å². The highest BCUT2D eigenvalue weighted by molar-refractivity contribution is 5.17. The molecule has 0 aliphatic carbocycles. The smallest absolute Gasteiger partial charge is 0.127 e. The first kappa shape index (κ1) is 15.9. The molecule has 1 N–H and O–H groups in total. The molecule has 4 heteroatoms. The van der Waals surface area contributed by atoms with Gasteiger partial charge in [-0.05, 0) is 43.8 Å². The monoisotopic (exact) mass is 306 g/mol. The van der Waals surface area contributed by atoms with Crippen LogP contribution in [0, 0.1) is 17.7 Å². The molecule has 3 nitrogen and oxygen atoms in total. The highest BCUT2D eigenvalue weighted by Gasteiger charge is 2.33. The van der Waals surface area contributed by atoms with E-state index in [1.807, 2.05) is 12.1 Å². The van der Waals surface area contributed by atoms with Crippen LogP contribution >= 0.6 is 0 Å². The molecule has 2 aliphatic heterocycles. The van der Waals surface area contributed by atoms with Gasteiger partial charge in [0, 0.05) is 38.3 Å². The molecule has 0 bridgehead atoms. The first-order chi connectivity index (χ1) is 10.8. The van der Waals surface area contributed by atoms with Crippen LogP contribution < -0.4 is 0 Å². The lowest BCUT2D eigenvalue weighted by atomic mass is 9.95. The van der Waals surface area contributed by atoms with Crippen LogP contribution in [0.2, 0.25) is 0 Å². The van der Waals surface area contributed by atoms with E-state index in [1.54, 1.807) is 6.07 Å². The third kappa shape index (κ3) is 3.86. The molecular formula is C18H27FN2O. The van der Waals surface area contributed by atoms with Crippen molar-refractivity contribution in [1.82, 2.24) is 9.80 Å². The Morgan fingerprint density at radius 1 is 1.00 bits per heavy atom. The Labute approximate surface area is 132 Å². The van der Waals surface area contributed by atoms with Crippen molar-refractivity contribution in [2.24, 2.45) is 11.8 Å². The Balaban J connectivity index is 1.58. The average Bonchev–Trinajstić information content (AvgIpc) is 2.92. The summed E-state index contributed by atoms with van der Waals surface area (Å²) in [6.45, 7) is 6.22. The van der Waals surface area contributed by atoms with Gasteiger partial charge >= 0.3 is 0 Å². The highest BCUT2D eigenvalue weighted by atomic mass is 19.1. The molecule has 0 saturated carbocycles. The van der Waals surface area contributed by atoms with E-state index >= 15 is 0 Å². The maximum atomic E-state index is 13.8. The molecule has 0 unspecified atom stereocenters. The van der Waals surface area contributed by atoms with E-state index < -0.39 is 0 Å². The summed E-state index contributed by atoms with van der Waals surface area (Å²) in [6.07, 6.45) is 3.95. The van der Waals surface area contributed by atoms with Crippen LogP contribution in [0.4, 0.5) is 4.39 Å². The van der Waals surface area contributed by atoms with E-state index in [-0.39, 0.29) is 12.4 Å². The average molecular weight is 306 g/mol. The molecule has 2 heterocycles. The van der Waals surface area contributed by atoms with Crippen molar-refractivity contribution in [2.75, 3.05) is 39.3 Å². The van der Waals surface area contributed by atoms with Gasteiger partial charge in [-0.25, -0.2) is 4.39 Å². The SMILES string of the molecule is OC[C@@H]1CN(Cc2ccccc2F)C[C@@H]1CN1CCCCC1. The quantitative estimate of drug-likeness (QED) is 0.904. The predicted molar refractivity (Wildman–Crippen MR) is 86.0 cm³/mol. The van der Waals surface area contributed by atoms with Crippen LogP contribution in [0.5, 0.6) is 0 Å². The van der Waals surface area contributed by atoms with Gasteiger partial charge in [0.25, 0.3) is 0 Å². The van der Waals surface area contributed by atoms with E-state index in [1.165, 1.54) is 38.4 Å². The minimum absolute atomic E-state index is 0.123. The number of aliphatic hydroxyl groups is 1. The molecule has 22 heavy (non-hydrogen) atoms. The van der Waals surface area contributed by atoms with E-state index in [2.05, 4.69) is 9.80 Å². The van der Waals surface area contributed by atoms with Crippen LogP contribution in [0.3, 0.4) is 0 Å². The number of hydrogen-bond acceptors (Lipinski definition) is 3. The van der Waals surface area contributed by atoms with Crippen molar-refractivity contribution in [1.29, 1.82) is 0 Å². The number of piperidine rings is 1. The summed E-state index contributed by atoms with van der Waals surface area (Å²) in [4.78, 5) is 4.84. The lowest BCUT2D eigenvalue weighted by Crippen LogP contribution is -2.37. The number of nitrogens with zero attached hydrogens (tertiary/aromatic N) is 2. The number of rotatable bonds is 5. The summed E-state index contributed by atoms with van der Waals surface area (Å²) < 4.78 is 13.8. The maximum Gasteiger partial charge on any atom is 0.127 e. The molecule has 0 aromatic heterocycles. The van der Waals surface area contributed by atoms with E-state index in [0.717, 1.165) is 25.2 Å². The molecule has 0 spiro atoms. The largest absolute Gasteiger partial charge is 0.396 e. The van der Waals surface area contributed by atoms with Gasteiger partial charge in [0.2, 0.25) is 0 Å². The van der Waals surface area contributed by atoms with Crippen molar-refractivity contribution in [3.63, 3.8) is 0 Å². The Morgan fingerprint density at radius 3 is 2.45 bits per heavy atom. The van der Waals surface area contributed by atoms with Gasteiger partial charge in [0.15, 0.2) is 0 Å². The Kier molecular flexibility index (Phi) is 5.45. The summed E-state index contributed by atoms with van der Waals surface area (Å²) in [6, 6.07) is 7.02. The fourth-order valence-corrected chi connectivity index (χ4v) is 3.92. The zero-order valence-electron chi connectivity index (χ0n) is 13.3. The molecular weight excluding hydrogens is 279 g/mol. The number of benzene rings is 1. The minimum Gasteiger partial charge on any atom is -0.396 e. The number of likely N-dealkylation sites (tertiary alicyclic amines) is 2. The Bertz CT molecular complexity index is 476. The fourth-order valence-electron chi connectivity index (χ4n) is 3.92. The zero-order chi connectivity index (χ0) is 15.4. The van der Waals surface area contributed by atoms with Gasteiger partial charge in [0.05, 0.1) is 0 Å². The third-order valence-electron chi connectivity index (χ3n) is 5.18. The molecule has 2 aliphatic rings. The predicted octanol–water partition coefficient (Wildman–Crippen LogP) is 2.35. The van der Waals surface area contributed by atoms with Crippen LogP contribution in [-0.4, -0.2) is 54.2 Å². The standard InChI is InChI=1S/C18H27FN2O/c19-18-7-3-2-6-15(18)10-21-12-16(17(13-21)14-22)11-20-8-4-1-5-9-20/h2-3,6-7,16-17,22H,1,4-5,8-14H2/t16-,17-/m0/s1. The lowest BCUT2D eigenvalue weighted by molar-refractivity contribution is 0.149. The van der Waals surface area contributed by atoms with Crippen LogP contribution in [0.1, 0.15) is 24.8 Å². The molecule has 2 atom stereocenters. The molecule has 122 valence electrons. The number of hydrogen-bond donors (Lipinski definition) is 1. The van der Waals surface area contributed by atoms with Crippen LogP contribution in [0.25, 0.3) is 0 Å². The molecule has 3 rings (SSSR count). The second-order valence-electron chi connectivity index (χ2n) is 6.85. The lowest BCUT2D eigenvalue weighted by Gasteiger charge is -2.30. The first-order valence-corrected chi connectivity index (χ1v) is 8.55. The fraction of sp³-hybridized carbons (Fsp3) is 0.667. The van der Waals surface area contributed by atoms with Crippen LogP contribution in [-0.2, 0) is 6.54 Å². The van der Waals surface area contributed by atoms with Crippen molar-refractivity contribution in [3.8, 4) is 0 Å². The van der Waals surface area contributed by atoms with Gasteiger partial charge in [-0.2, -0.15) is 0 Å². The Hall–Kier alpha value is -0.970. The van der Waals surface area contributed by atoms with Crippen molar-refractivity contribution in [3.05, 3.63) is 35.6 Å². The molecule has 0 radical (unpaired) electrons. The second-order valence-corrected chi connectivity index (χ2v) is 6.85. The second kappa shape index (κ2) is 7.53. The molecule has 0 amide bonds. The molecule has 1 aromatic carbocycles. The van der Waals surface area contributed by atoms with E-state index in [0.29, 0.717) is 18.4 Å². The summed E-state index contributed by atoms with van der Waals surface area (Å²) in [7, 11) is 0. The highest BCUT2D eigenvalue weighted by Crippen LogP contribution is 2.27. The number of halogens is 1. The summed E-state index contributed by atoms with van der Waals surface area (Å²) in [5.74, 6) is 0.714. The molecule has 2 saturated heterocycles. The summed E-state index contributed by atoms with van der Waals surface area (Å²) >= 11 is 0. The van der Waals surface area contributed by atoms with Crippen molar-refractivity contribution >= 4 is 0 Å². The van der Waals surface area contributed by atoms with Crippen molar-refractivity contribution < 1.29 is 9.50 Å². The topological polar surface area (TPSA) is 26.7 Å². The maximum absolute atomic E-state index is 13.8. The van der Waals surface area contributed by atoms with E-state index in [4.69, 9.17) is 0 Å². The number of aliphatic hydroxyl groups excluding tert-OH is 1. The van der Waals surface area contributed by atoms with Crippen molar-refractivity contribution in [2.45, 2.75) is 25.8 Å². The summed E-state index contributed by atoms with van der Waals surface area (Å²) in [5, 5.41) is 9.69. The first-order valence-electron chi connectivity index (χ1n) is 8.55. The molecule has 1 aromatic rings. The van der Waals surface area contributed by atoms with Gasteiger partial charge in [-0.3, -0.25) is 4.90 Å².